The van der Waals surface area contributed by atoms with Gasteiger partial charge in [0.25, 0.3) is 0 Å². The summed E-state index contributed by atoms with van der Waals surface area (Å²) in [5.74, 6) is 0. The maximum atomic E-state index is 11.4. The summed E-state index contributed by atoms with van der Waals surface area (Å²) in [4.78, 5) is 0. The fourth-order valence-electron chi connectivity index (χ4n) is 0.318. The third kappa shape index (κ3) is 9.25. The first-order valence-electron chi connectivity index (χ1n) is 2.33. The van der Waals surface area contributed by atoms with Crippen LogP contribution in [0.3, 0.4) is 0 Å². The molecular formula is C4H6F3I2-. The van der Waals surface area contributed by atoms with Crippen molar-refractivity contribution in [2.24, 2.45) is 0 Å². The summed E-state index contributed by atoms with van der Waals surface area (Å²) < 4.78 is 34.9. The minimum atomic E-state index is -3.93. The van der Waals surface area contributed by atoms with Gasteiger partial charge in [0.15, 0.2) is 0 Å². The maximum absolute atomic E-state index is 11.4. The van der Waals surface area contributed by atoms with Crippen LogP contribution in [0.1, 0.15) is 12.8 Å². The van der Waals surface area contributed by atoms with E-state index >= 15 is 0 Å². The molecule has 0 bridgehead atoms. The van der Waals surface area contributed by atoms with Crippen molar-refractivity contribution in [3.05, 3.63) is 0 Å². The molecule has 0 aromatic heterocycles. The molecule has 0 aliphatic carbocycles. The Bertz CT molecular complexity index is 70.7. The van der Waals surface area contributed by atoms with Crippen LogP contribution in [0.4, 0.5) is 13.2 Å². The Hall–Kier alpha value is 1.25. The van der Waals surface area contributed by atoms with E-state index in [0.717, 1.165) is 4.43 Å². The van der Waals surface area contributed by atoms with E-state index in [1.165, 1.54) is 0 Å². The van der Waals surface area contributed by atoms with Gasteiger partial charge < -0.3 is 0 Å². The standard InChI is InChI=1S/C4H6F3I2/c5-4(6,7)2-1-3-9-8/h1-3H2/q-1. The van der Waals surface area contributed by atoms with Crippen LogP contribution in [0, 0.1) is 0 Å². The second kappa shape index (κ2) is 4.97. The number of halogens is 5. The molecule has 0 heterocycles. The summed E-state index contributed by atoms with van der Waals surface area (Å²) in [5.41, 5.74) is 0. The molecule has 0 nitrogen and oxygen atoms in total. The summed E-state index contributed by atoms with van der Waals surface area (Å²) in [7, 11) is 0. The van der Waals surface area contributed by atoms with Crippen molar-refractivity contribution in [3.63, 3.8) is 0 Å². The average Bonchev–Trinajstić information content (AvgIpc) is 1.63. The molecule has 0 rings (SSSR count). The summed E-state index contributed by atoms with van der Waals surface area (Å²) in [6.07, 6.45) is -4.22. The second-order valence-electron chi connectivity index (χ2n) is 1.51. The number of hydrogen-bond donors (Lipinski definition) is 0. The Balaban J connectivity index is 3.07. The van der Waals surface area contributed by atoms with Gasteiger partial charge in [0, 0.05) is 0 Å². The third-order valence-corrected chi connectivity index (χ3v) is 4.57. The number of hydrogen-bond acceptors (Lipinski definition) is 0. The third-order valence-electron chi connectivity index (χ3n) is 0.665. The van der Waals surface area contributed by atoms with E-state index in [9.17, 15) is 13.2 Å². The Morgan fingerprint density at radius 2 is 1.89 bits per heavy atom. The van der Waals surface area contributed by atoms with Gasteiger partial charge in [-0.25, -0.2) is 0 Å². The molecule has 0 aliphatic heterocycles. The van der Waals surface area contributed by atoms with Crippen LogP contribution < -0.4 is 17.2 Å². The zero-order valence-corrected chi connectivity index (χ0v) is 8.83. The van der Waals surface area contributed by atoms with Crippen molar-refractivity contribution in [3.8, 4) is 0 Å². The molecule has 0 atom stereocenters. The normalized spacial score (nSPS) is 12.4. The van der Waals surface area contributed by atoms with Gasteiger partial charge in [-0.1, -0.05) is 0 Å². The summed E-state index contributed by atoms with van der Waals surface area (Å²) in [6, 6.07) is 0. The van der Waals surface area contributed by atoms with E-state index in [1.807, 2.05) is 0 Å². The molecule has 58 valence electrons. The van der Waals surface area contributed by atoms with Gasteiger partial charge in [-0.15, -0.1) is 0 Å². The van der Waals surface area contributed by atoms with E-state index in [0.29, 0.717) is 6.42 Å². The first kappa shape index (κ1) is 10.2. The van der Waals surface area contributed by atoms with Crippen LogP contribution in [0.25, 0.3) is 0 Å². The molecule has 0 aliphatic rings. The van der Waals surface area contributed by atoms with Crippen LogP contribution in [-0.2, 0) is 0 Å². The molecule has 0 saturated carbocycles. The van der Waals surface area contributed by atoms with Crippen molar-refractivity contribution < 1.29 is 30.4 Å². The fourth-order valence-corrected chi connectivity index (χ4v) is 2.92. The van der Waals surface area contributed by atoms with Crippen molar-refractivity contribution in [1.29, 1.82) is 0 Å². The monoisotopic (exact) mass is 365 g/mol. The number of alkyl halides is 4. The molecule has 0 radical (unpaired) electrons. The van der Waals surface area contributed by atoms with E-state index in [2.05, 4.69) is 18.6 Å². The molecule has 0 aromatic carbocycles. The van der Waals surface area contributed by atoms with Crippen molar-refractivity contribution >= 4 is 18.6 Å². The van der Waals surface area contributed by atoms with E-state index in [-0.39, 0.29) is 17.2 Å². The predicted molar refractivity (Wildman–Crippen MR) is 34.2 cm³/mol. The molecule has 0 N–H and O–H groups in total. The summed E-state index contributed by atoms with van der Waals surface area (Å²) in [5, 5.41) is 0. The molecule has 0 saturated heterocycles. The summed E-state index contributed by atoms with van der Waals surface area (Å²) >= 11 is 2.20. The molecule has 0 amide bonds. The van der Waals surface area contributed by atoms with Crippen LogP contribution >= 0.6 is 18.6 Å². The van der Waals surface area contributed by atoms with E-state index in [1.54, 1.807) is 0 Å². The molecular weight excluding hydrogens is 359 g/mol. The molecule has 0 unspecified atom stereocenters. The van der Waals surface area contributed by atoms with Crippen LogP contribution in [0.2, 0.25) is 0 Å². The van der Waals surface area contributed by atoms with Gasteiger partial charge >= 0.3 is 72.5 Å². The van der Waals surface area contributed by atoms with Gasteiger partial charge in [-0.05, 0) is 0 Å². The predicted octanol–water partition coefficient (Wildman–Crippen LogP) is -0.232. The van der Waals surface area contributed by atoms with Gasteiger partial charge in [0.1, 0.15) is 0 Å². The Morgan fingerprint density at radius 1 is 1.33 bits per heavy atom. The molecule has 0 spiro atoms. The molecule has 9 heavy (non-hydrogen) atoms. The first-order valence-corrected chi connectivity index (χ1v) is 10.1. The topological polar surface area (TPSA) is 0 Å². The molecule has 5 heteroatoms. The second-order valence-corrected chi connectivity index (χ2v) is 7.03. The Labute approximate surface area is 72.0 Å². The van der Waals surface area contributed by atoms with Gasteiger partial charge in [0.2, 0.25) is 0 Å². The van der Waals surface area contributed by atoms with E-state index in [4.69, 9.17) is 0 Å². The van der Waals surface area contributed by atoms with Crippen LogP contribution in [0.15, 0.2) is 0 Å². The quantitative estimate of drug-likeness (QED) is 0.369. The van der Waals surface area contributed by atoms with Crippen molar-refractivity contribution in [2.75, 3.05) is 4.43 Å². The Kier molecular flexibility index (Phi) is 5.67. The van der Waals surface area contributed by atoms with Crippen LogP contribution in [0.5, 0.6) is 0 Å². The summed E-state index contributed by atoms with van der Waals surface area (Å²) in [6.45, 7) is 0. The Morgan fingerprint density at radius 3 is 2.22 bits per heavy atom. The zero-order valence-electron chi connectivity index (χ0n) is 4.51. The van der Waals surface area contributed by atoms with Gasteiger partial charge in [-0.3, -0.25) is 0 Å². The SMILES string of the molecule is FC(F)(F)CCC[I-]I. The van der Waals surface area contributed by atoms with E-state index < -0.39 is 12.6 Å². The van der Waals surface area contributed by atoms with Gasteiger partial charge in [0.05, 0.1) is 0 Å². The fraction of sp³-hybridized carbons (Fsp3) is 1.00. The van der Waals surface area contributed by atoms with Crippen molar-refractivity contribution in [1.82, 2.24) is 0 Å². The molecule has 0 fully saturated rings. The van der Waals surface area contributed by atoms with Gasteiger partial charge in [-0.2, -0.15) is 0 Å². The molecule has 0 aromatic rings. The van der Waals surface area contributed by atoms with Crippen LogP contribution in [-0.4, -0.2) is 10.6 Å². The average molecular weight is 365 g/mol. The van der Waals surface area contributed by atoms with Crippen molar-refractivity contribution in [2.45, 2.75) is 19.0 Å². The zero-order chi connectivity index (χ0) is 7.33. The minimum absolute atomic E-state index is 0.0227. The first-order chi connectivity index (χ1) is 4.06. The number of rotatable bonds is 3.